The van der Waals surface area contributed by atoms with E-state index in [1.165, 1.54) is 0 Å². The Labute approximate surface area is 111 Å². The van der Waals surface area contributed by atoms with Crippen molar-refractivity contribution in [1.29, 1.82) is 0 Å². The lowest BCUT2D eigenvalue weighted by Gasteiger charge is -2.32. The maximum Gasteiger partial charge on any atom is 0.391 e. The monoisotopic (exact) mass is 272 g/mol. The van der Waals surface area contributed by atoms with Crippen LogP contribution in [0.4, 0.5) is 13.2 Å². The molecule has 1 aromatic rings. The largest absolute Gasteiger partial charge is 0.391 e. The summed E-state index contributed by atoms with van der Waals surface area (Å²) >= 11 is 0. The summed E-state index contributed by atoms with van der Waals surface area (Å²) in [4.78, 5) is 4.26. The standard InChI is InChI=1S/C14H19F3N2/c1-10(13-4-2-3-9-18-13)19-12-7-5-11(6-8-12)14(15,16)17/h2-4,9-12,19H,5-8H2,1H3/t10-,11?,12?/m0/s1. The minimum atomic E-state index is -4.03. The van der Waals surface area contributed by atoms with Gasteiger partial charge in [-0.05, 0) is 44.7 Å². The minimum absolute atomic E-state index is 0.0774. The van der Waals surface area contributed by atoms with Crippen LogP contribution in [0.25, 0.3) is 0 Å². The fraction of sp³-hybridized carbons (Fsp3) is 0.643. The van der Waals surface area contributed by atoms with Gasteiger partial charge in [-0.25, -0.2) is 0 Å². The topological polar surface area (TPSA) is 24.9 Å². The number of pyridine rings is 1. The molecule has 0 bridgehead atoms. The van der Waals surface area contributed by atoms with E-state index < -0.39 is 12.1 Å². The Kier molecular flexibility index (Phi) is 4.45. The Morgan fingerprint density at radius 2 is 1.89 bits per heavy atom. The third-order valence-corrected chi connectivity index (χ3v) is 3.81. The fourth-order valence-electron chi connectivity index (χ4n) is 2.66. The van der Waals surface area contributed by atoms with Crippen molar-refractivity contribution in [2.45, 2.75) is 50.9 Å². The Morgan fingerprint density at radius 1 is 1.21 bits per heavy atom. The van der Waals surface area contributed by atoms with E-state index in [1.807, 2.05) is 25.1 Å². The van der Waals surface area contributed by atoms with Crippen molar-refractivity contribution in [1.82, 2.24) is 10.3 Å². The summed E-state index contributed by atoms with van der Waals surface area (Å²) in [6, 6.07) is 5.94. The molecular formula is C14H19F3N2. The number of hydrogen-bond acceptors (Lipinski definition) is 2. The molecule has 1 aliphatic carbocycles. The predicted octanol–water partition coefficient (Wildman–Crippen LogP) is 3.85. The Balaban J connectivity index is 1.83. The first-order valence-corrected chi connectivity index (χ1v) is 6.70. The second kappa shape index (κ2) is 5.90. The highest BCUT2D eigenvalue weighted by Gasteiger charge is 2.41. The van der Waals surface area contributed by atoms with Crippen LogP contribution >= 0.6 is 0 Å². The molecule has 1 saturated carbocycles. The van der Waals surface area contributed by atoms with Crippen LogP contribution in [0.2, 0.25) is 0 Å². The van der Waals surface area contributed by atoms with Crippen molar-refractivity contribution >= 4 is 0 Å². The quantitative estimate of drug-likeness (QED) is 0.904. The first kappa shape index (κ1) is 14.3. The molecule has 0 aromatic carbocycles. The zero-order chi connectivity index (χ0) is 13.9. The second-order valence-electron chi connectivity index (χ2n) is 5.23. The molecule has 1 N–H and O–H groups in total. The van der Waals surface area contributed by atoms with Crippen LogP contribution < -0.4 is 5.32 Å². The van der Waals surface area contributed by atoms with Crippen molar-refractivity contribution in [3.05, 3.63) is 30.1 Å². The number of rotatable bonds is 3. The lowest BCUT2D eigenvalue weighted by Crippen LogP contribution is -2.38. The average Bonchev–Trinajstić information content (AvgIpc) is 2.39. The van der Waals surface area contributed by atoms with E-state index in [0.29, 0.717) is 12.8 Å². The molecular weight excluding hydrogens is 253 g/mol. The molecule has 0 unspecified atom stereocenters. The summed E-state index contributed by atoms with van der Waals surface area (Å²) in [7, 11) is 0. The number of alkyl halides is 3. The van der Waals surface area contributed by atoms with Crippen LogP contribution in [0.5, 0.6) is 0 Å². The van der Waals surface area contributed by atoms with Crippen molar-refractivity contribution in [2.75, 3.05) is 0 Å². The van der Waals surface area contributed by atoms with Gasteiger partial charge < -0.3 is 5.32 Å². The van der Waals surface area contributed by atoms with Crippen LogP contribution in [0.15, 0.2) is 24.4 Å². The molecule has 2 rings (SSSR count). The molecule has 0 aliphatic heterocycles. The van der Waals surface area contributed by atoms with Crippen molar-refractivity contribution in [3.8, 4) is 0 Å². The number of hydrogen-bond donors (Lipinski definition) is 1. The number of nitrogens with one attached hydrogen (secondary N) is 1. The predicted molar refractivity (Wildman–Crippen MR) is 67.6 cm³/mol. The maximum atomic E-state index is 12.6. The molecule has 106 valence electrons. The lowest BCUT2D eigenvalue weighted by molar-refractivity contribution is -0.182. The Bertz CT molecular complexity index is 383. The summed E-state index contributed by atoms with van der Waals surface area (Å²) in [5.41, 5.74) is 0.931. The van der Waals surface area contributed by atoms with Gasteiger partial charge in [0, 0.05) is 18.3 Å². The van der Waals surface area contributed by atoms with Gasteiger partial charge in [0.15, 0.2) is 0 Å². The number of halogens is 3. The van der Waals surface area contributed by atoms with Gasteiger partial charge in [-0.1, -0.05) is 6.07 Å². The Morgan fingerprint density at radius 3 is 2.42 bits per heavy atom. The summed E-state index contributed by atoms with van der Waals surface area (Å²) < 4.78 is 37.7. The first-order valence-electron chi connectivity index (χ1n) is 6.70. The van der Waals surface area contributed by atoms with E-state index in [0.717, 1.165) is 5.69 Å². The molecule has 19 heavy (non-hydrogen) atoms. The average molecular weight is 272 g/mol. The van der Waals surface area contributed by atoms with Crippen molar-refractivity contribution in [2.24, 2.45) is 5.92 Å². The van der Waals surface area contributed by atoms with Crippen LogP contribution in [-0.4, -0.2) is 17.2 Å². The van der Waals surface area contributed by atoms with E-state index in [-0.39, 0.29) is 24.9 Å². The molecule has 1 aliphatic rings. The van der Waals surface area contributed by atoms with Gasteiger partial charge in [0.25, 0.3) is 0 Å². The van der Waals surface area contributed by atoms with Gasteiger partial charge in [-0.2, -0.15) is 13.2 Å². The highest BCUT2D eigenvalue weighted by molar-refractivity contribution is 5.08. The summed E-state index contributed by atoms with van der Waals surface area (Å²) in [6.07, 6.45) is -0.666. The zero-order valence-electron chi connectivity index (χ0n) is 11.0. The third kappa shape index (κ3) is 3.93. The molecule has 0 amide bonds. The molecule has 0 saturated heterocycles. The smallest absolute Gasteiger partial charge is 0.306 e. The van der Waals surface area contributed by atoms with Gasteiger partial charge in [-0.15, -0.1) is 0 Å². The first-order chi connectivity index (χ1) is 8.97. The summed E-state index contributed by atoms with van der Waals surface area (Å²) in [5, 5.41) is 3.38. The Hall–Kier alpha value is -1.10. The third-order valence-electron chi connectivity index (χ3n) is 3.81. The van der Waals surface area contributed by atoms with Gasteiger partial charge >= 0.3 is 6.18 Å². The molecule has 0 radical (unpaired) electrons. The molecule has 2 nitrogen and oxygen atoms in total. The highest BCUT2D eigenvalue weighted by atomic mass is 19.4. The second-order valence-corrected chi connectivity index (χ2v) is 5.23. The van der Waals surface area contributed by atoms with Crippen LogP contribution in [0, 0.1) is 5.92 Å². The normalized spacial score (nSPS) is 26.1. The van der Waals surface area contributed by atoms with Crippen LogP contribution in [-0.2, 0) is 0 Å². The van der Waals surface area contributed by atoms with Gasteiger partial charge in [0.05, 0.1) is 11.6 Å². The van der Waals surface area contributed by atoms with Crippen molar-refractivity contribution < 1.29 is 13.2 Å². The number of aromatic nitrogens is 1. The summed E-state index contributed by atoms with van der Waals surface area (Å²) in [5.74, 6) is -1.12. The molecule has 1 atom stereocenters. The van der Waals surface area contributed by atoms with E-state index >= 15 is 0 Å². The fourth-order valence-corrected chi connectivity index (χ4v) is 2.66. The highest BCUT2D eigenvalue weighted by Crippen LogP contribution is 2.37. The van der Waals surface area contributed by atoms with E-state index in [9.17, 15) is 13.2 Å². The molecule has 1 aromatic heterocycles. The van der Waals surface area contributed by atoms with Crippen LogP contribution in [0.1, 0.15) is 44.3 Å². The minimum Gasteiger partial charge on any atom is -0.306 e. The van der Waals surface area contributed by atoms with Gasteiger partial charge in [0.1, 0.15) is 0 Å². The number of nitrogens with zero attached hydrogens (tertiary/aromatic N) is 1. The van der Waals surface area contributed by atoms with E-state index in [1.54, 1.807) is 6.20 Å². The SMILES string of the molecule is C[C@H](NC1CCC(C(F)(F)F)CC1)c1ccccn1. The molecule has 1 fully saturated rings. The van der Waals surface area contributed by atoms with Gasteiger partial charge in [0.2, 0.25) is 0 Å². The zero-order valence-corrected chi connectivity index (χ0v) is 11.0. The summed E-state index contributed by atoms with van der Waals surface area (Å²) in [6.45, 7) is 2.00. The lowest BCUT2D eigenvalue weighted by atomic mass is 9.85. The molecule has 5 heteroatoms. The molecule has 0 spiro atoms. The van der Waals surface area contributed by atoms with E-state index in [2.05, 4.69) is 10.3 Å². The van der Waals surface area contributed by atoms with Crippen molar-refractivity contribution in [3.63, 3.8) is 0 Å². The molecule has 1 heterocycles. The van der Waals surface area contributed by atoms with E-state index in [4.69, 9.17) is 0 Å². The van der Waals surface area contributed by atoms with Crippen LogP contribution in [0.3, 0.4) is 0 Å². The maximum absolute atomic E-state index is 12.6. The van der Waals surface area contributed by atoms with Gasteiger partial charge in [-0.3, -0.25) is 4.98 Å².